The fourth-order valence-corrected chi connectivity index (χ4v) is 3.29. The maximum atomic E-state index is 14.8. The average Bonchev–Trinajstić information content (AvgIpc) is 2.75. The van der Waals surface area contributed by atoms with E-state index in [1.54, 1.807) is 36.4 Å². The number of unbranched alkanes of at least 4 members (excludes halogenated alkanes) is 2. The Morgan fingerprint density at radius 2 is 1.17 bits per heavy atom. The van der Waals surface area contributed by atoms with E-state index >= 15 is 0 Å². The summed E-state index contributed by atoms with van der Waals surface area (Å²) in [6.07, 6.45) is 5.32. The summed E-state index contributed by atoms with van der Waals surface area (Å²) >= 11 is 0. The van der Waals surface area contributed by atoms with Crippen LogP contribution in [-0.2, 0) is 6.42 Å². The van der Waals surface area contributed by atoms with Crippen molar-refractivity contribution in [2.24, 2.45) is 0 Å². The molecule has 0 heterocycles. The molecule has 0 aromatic heterocycles. The number of ether oxygens (including phenoxy) is 1. The Morgan fingerprint density at radius 3 is 1.69 bits per heavy atom. The number of rotatable bonds is 9. The molecule has 0 saturated heterocycles. The molecule has 0 unspecified atom stereocenters. The number of halogens is 2. The number of hydrogen-bond acceptors (Lipinski definition) is 1. The molecule has 0 aliphatic rings. The van der Waals surface area contributed by atoms with E-state index < -0.39 is 11.6 Å². The first kappa shape index (κ1) is 21.0. The van der Waals surface area contributed by atoms with Crippen LogP contribution in [0.1, 0.15) is 45.1 Å². The van der Waals surface area contributed by atoms with Gasteiger partial charge in [-0.25, -0.2) is 8.78 Å². The number of benzene rings is 3. The highest BCUT2D eigenvalue weighted by atomic mass is 19.2. The van der Waals surface area contributed by atoms with E-state index in [0.29, 0.717) is 17.7 Å². The van der Waals surface area contributed by atoms with E-state index in [0.717, 1.165) is 37.9 Å². The third-order valence-electron chi connectivity index (χ3n) is 5.10. The topological polar surface area (TPSA) is 9.23 Å². The van der Waals surface area contributed by atoms with E-state index in [1.165, 1.54) is 5.56 Å². The van der Waals surface area contributed by atoms with Gasteiger partial charge in [-0.05, 0) is 48.1 Å². The summed E-state index contributed by atoms with van der Waals surface area (Å²) in [7, 11) is 0. The summed E-state index contributed by atoms with van der Waals surface area (Å²) in [6.45, 7) is 4.92. The molecule has 3 aromatic rings. The molecular formula is C26H28F2O. The second-order valence-corrected chi connectivity index (χ2v) is 7.32. The largest absolute Gasteiger partial charge is 0.494 e. The van der Waals surface area contributed by atoms with E-state index in [9.17, 15) is 8.78 Å². The highest BCUT2D eigenvalue weighted by Gasteiger charge is 2.16. The molecule has 0 radical (unpaired) electrons. The summed E-state index contributed by atoms with van der Waals surface area (Å²) in [5, 5.41) is 0. The van der Waals surface area contributed by atoms with E-state index in [1.807, 2.05) is 24.3 Å². The Hall–Kier alpha value is -2.68. The Labute approximate surface area is 172 Å². The van der Waals surface area contributed by atoms with Gasteiger partial charge in [0.05, 0.1) is 6.61 Å². The number of hydrogen-bond donors (Lipinski definition) is 0. The third-order valence-corrected chi connectivity index (χ3v) is 5.10. The fourth-order valence-electron chi connectivity index (χ4n) is 3.29. The van der Waals surface area contributed by atoms with Gasteiger partial charge in [-0.2, -0.15) is 0 Å². The molecule has 29 heavy (non-hydrogen) atoms. The van der Waals surface area contributed by atoms with Gasteiger partial charge in [0.2, 0.25) is 0 Å². The van der Waals surface area contributed by atoms with Crippen LogP contribution in [0, 0.1) is 11.6 Å². The average molecular weight is 395 g/mol. The van der Waals surface area contributed by atoms with Crippen molar-refractivity contribution in [2.45, 2.75) is 46.0 Å². The van der Waals surface area contributed by atoms with Gasteiger partial charge in [-0.1, -0.05) is 75.2 Å². The SMILES string of the molecule is CCCCOc1ccc(-c2ccc(-c3ccc(CCCC)cc3)c(F)c2F)cc1. The van der Waals surface area contributed by atoms with Crippen molar-refractivity contribution in [2.75, 3.05) is 6.61 Å². The summed E-state index contributed by atoms with van der Waals surface area (Å²) in [5.74, 6) is -0.896. The lowest BCUT2D eigenvalue weighted by Gasteiger charge is -2.11. The van der Waals surface area contributed by atoms with Gasteiger partial charge in [-0.15, -0.1) is 0 Å². The Balaban J connectivity index is 1.80. The maximum Gasteiger partial charge on any atom is 0.167 e. The van der Waals surface area contributed by atoms with Gasteiger partial charge in [-0.3, -0.25) is 0 Å². The van der Waals surface area contributed by atoms with E-state index in [4.69, 9.17) is 4.74 Å². The molecule has 0 saturated carbocycles. The summed E-state index contributed by atoms with van der Waals surface area (Å²) < 4.78 is 35.3. The molecule has 0 N–H and O–H groups in total. The molecule has 3 rings (SSSR count). The Bertz CT molecular complexity index is 915. The Morgan fingerprint density at radius 1 is 0.655 bits per heavy atom. The molecular weight excluding hydrogens is 366 g/mol. The van der Waals surface area contributed by atoms with Gasteiger partial charge < -0.3 is 4.74 Å². The molecule has 0 atom stereocenters. The first-order chi connectivity index (χ1) is 14.1. The lowest BCUT2D eigenvalue weighted by atomic mass is 9.97. The van der Waals surface area contributed by atoms with Gasteiger partial charge in [0.15, 0.2) is 11.6 Å². The zero-order valence-corrected chi connectivity index (χ0v) is 17.2. The van der Waals surface area contributed by atoms with Crippen LogP contribution in [0.15, 0.2) is 60.7 Å². The highest BCUT2D eigenvalue weighted by molar-refractivity contribution is 5.72. The minimum atomic E-state index is -0.822. The standard InChI is InChI=1S/C26H28F2O/c1-3-5-7-19-8-10-20(11-9-19)23-16-17-24(26(28)25(23)27)21-12-14-22(15-13-21)29-18-6-4-2/h8-17H,3-7,18H2,1-2H3. The van der Waals surface area contributed by atoms with Crippen molar-refractivity contribution >= 4 is 0 Å². The van der Waals surface area contributed by atoms with Gasteiger partial charge in [0, 0.05) is 11.1 Å². The molecule has 152 valence electrons. The molecule has 0 aliphatic heterocycles. The zero-order chi connectivity index (χ0) is 20.6. The molecule has 0 amide bonds. The van der Waals surface area contributed by atoms with Crippen molar-refractivity contribution in [3.63, 3.8) is 0 Å². The predicted octanol–water partition coefficient (Wildman–Crippen LogP) is 7.82. The second-order valence-electron chi connectivity index (χ2n) is 7.32. The molecule has 0 fully saturated rings. The van der Waals surface area contributed by atoms with Crippen LogP contribution >= 0.6 is 0 Å². The zero-order valence-electron chi connectivity index (χ0n) is 17.2. The molecule has 3 heteroatoms. The normalized spacial score (nSPS) is 10.9. The van der Waals surface area contributed by atoms with Crippen LogP contribution in [0.2, 0.25) is 0 Å². The van der Waals surface area contributed by atoms with Crippen LogP contribution in [0.4, 0.5) is 8.78 Å². The molecule has 0 bridgehead atoms. The van der Waals surface area contributed by atoms with Crippen molar-refractivity contribution in [1.29, 1.82) is 0 Å². The molecule has 3 aromatic carbocycles. The number of aryl methyl sites for hydroxylation is 1. The lowest BCUT2D eigenvalue weighted by Crippen LogP contribution is -1.97. The minimum Gasteiger partial charge on any atom is -0.494 e. The van der Waals surface area contributed by atoms with Crippen LogP contribution in [-0.4, -0.2) is 6.61 Å². The smallest absolute Gasteiger partial charge is 0.167 e. The molecule has 1 nitrogen and oxygen atoms in total. The highest BCUT2D eigenvalue weighted by Crippen LogP contribution is 2.32. The Kier molecular flexibility index (Phi) is 7.40. The molecule has 0 spiro atoms. The van der Waals surface area contributed by atoms with Gasteiger partial charge in [0.25, 0.3) is 0 Å². The predicted molar refractivity (Wildman–Crippen MR) is 116 cm³/mol. The summed E-state index contributed by atoms with van der Waals surface area (Å²) in [4.78, 5) is 0. The lowest BCUT2D eigenvalue weighted by molar-refractivity contribution is 0.309. The van der Waals surface area contributed by atoms with Crippen LogP contribution < -0.4 is 4.74 Å². The summed E-state index contributed by atoms with van der Waals surface area (Å²) in [5.41, 5.74) is 3.08. The quantitative estimate of drug-likeness (QED) is 0.336. The minimum absolute atomic E-state index is 0.255. The summed E-state index contributed by atoms with van der Waals surface area (Å²) in [6, 6.07) is 18.1. The van der Waals surface area contributed by atoms with E-state index in [-0.39, 0.29) is 11.1 Å². The second kappa shape index (κ2) is 10.2. The van der Waals surface area contributed by atoms with Gasteiger partial charge >= 0.3 is 0 Å². The first-order valence-corrected chi connectivity index (χ1v) is 10.4. The van der Waals surface area contributed by atoms with Crippen molar-refractivity contribution in [3.8, 4) is 28.0 Å². The fraction of sp³-hybridized carbons (Fsp3) is 0.308. The van der Waals surface area contributed by atoms with Crippen LogP contribution in [0.25, 0.3) is 22.3 Å². The van der Waals surface area contributed by atoms with Crippen molar-refractivity contribution in [1.82, 2.24) is 0 Å². The van der Waals surface area contributed by atoms with Crippen LogP contribution in [0.3, 0.4) is 0 Å². The van der Waals surface area contributed by atoms with Crippen LogP contribution in [0.5, 0.6) is 5.75 Å². The molecule has 0 aliphatic carbocycles. The third kappa shape index (κ3) is 5.23. The van der Waals surface area contributed by atoms with E-state index in [2.05, 4.69) is 13.8 Å². The van der Waals surface area contributed by atoms with Gasteiger partial charge in [0.1, 0.15) is 5.75 Å². The first-order valence-electron chi connectivity index (χ1n) is 10.4. The van der Waals surface area contributed by atoms with Crippen molar-refractivity contribution in [3.05, 3.63) is 77.9 Å². The van der Waals surface area contributed by atoms with Crippen molar-refractivity contribution < 1.29 is 13.5 Å². The maximum absolute atomic E-state index is 14.8. The monoisotopic (exact) mass is 394 g/mol.